The van der Waals surface area contributed by atoms with Gasteiger partial charge in [0.05, 0.1) is 77.9 Å². The molecule has 0 saturated carbocycles. The van der Waals surface area contributed by atoms with Crippen LogP contribution in [-0.2, 0) is 21.0 Å². The maximum absolute atomic E-state index is 11.5. The van der Waals surface area contributed by atoms with Gasteiger partial charge in [-0.1, -0.05) is 294 Å². The van der Waals surface area contributed by atoms with E-state index in [1.54, 1.807) is 65.9 Å². The first-order valence-corrected chi connectivity index (χ1v) is 46.1. The van der Waals surface area contributed by atoms with E-state index in [0.29, 0.717) is 28.5 Å². The lowest BCUT2D eigenvalue weighted by molar-refractivity contribution is 0.0686. The van der Waals surface area contributed by atoms with Crippen molar-refractivity contribution in [3.8, 4) is 28.7 Å². The van der Waals surface area contributed by atoms with Crippen molar-refractivity contribution in [3.05, 3.63) is 507 Å². The maximum atomic E-state index is 11.5. The fourth-order valence-corrected chi connectivity index (χ4v) is 16.3. The second-order valence-electron chi connectivity index (χ2n) is 30.1. The molecule has 0 aliphatic rings. The van der Waals surface area contributed by atoms with E-state index in [-0.39, 0.29) is 42.3 Å². The van der Waals surface area contributed by atoms with Gasteiger partial charge in [0.25, 0.3) is 0 Å². The minimum Gasteiger partial charge on any atom is -0.497 e. The van der Waals surface area contributed by atoms with Crippen LogP contribution in [-0.4, -0.2) is 104 Å². The molecule has 10 N–H and O–H groups in total. The molecule has 16 aromatic rings. The summed E-state index contributed by atoms with van der Waals surface area (Å²) in [4.78, 5) is 41.6. The van der Waals surface area contributed by atoms with Crippen molar-refractivity contribution in [2.45, 2.75) is 34.9 Å². The topological polar surface area (TPSA) is 286 Å². The van der Waals surface area contributed by atoms with E-state index in [9.17, 15) is 29.4 Å². The highest BCUT2D eigenvalue weighted by molar-refractivity contribution is 6.36. The molecular formula is C113H102Cl9N3O15. The van der Waals surface area contributed by atoms with Crippen LogP contribution >= 0.6 is 104 Å². The molecule has 0 unspecified atom stereocenters. The number of methoxy groups -OCH3 is 5. The minimum atomic E-state index is -1.10. The van der Waals surface area contributed by atoms with E-state index >= 15 is 0 Å². The zero-order valence-corrected chi connectivity index (χ0v) is 84.2. The van der Waals surface area contributed by atoms with Crippen molar-refractivity contribution >= 4 is 157 Å². The summed E-state index contributed by atoms with van der Waals surface area (Å²) in [5.74, 6) is -0.328. The van der Waals surface area contributed by atoms with Gasteiger partial charge < -0.3 is 70.7 Å². The molecule has 140 heavy (non-hydrogen) atoms. The van der Waals surface area contributed by atoms with Gasteiger partial charge in [-0.25, -0.2) is 19.2 Å². The number of alkyl halides is 3. The normalized spacial score (nSPS) is 10.4. The Labute approximate surface area is 860 Å². The number of rotatable bonds is 24. The van der Waals surface area contributed by atoms with Crippen molar-refractivity contribution in [1.82, 2.24) is 0 Å². The Hall–Kier alpha value is -13.7. The van der Waals surface area contributed by atoms with Crippen molar-refractivity contribution < 1.29 is 73.5 Å². The van der Waals surface area contributed by atoms with Crippen molar-refractivity contribution in [2.24, 2.45) is 0 Å². The predicted octanol–water partition coefficient (Wildman–Crippen LogP) is 29.6. The van der Waals surface area contributed by atoms with E-state index in [4.69, 9.17) is 154 Å². The van der Waals surface area contributed by atoms with Gasteiger partial charge in [-0.2, -0.15) is 0 Å². The average Bonchev–Trinajstić information content (AvgIpc) is 0.764. The summed E-state index contributed by atoms with van der Waals surface area (Å²) in [6.07, 6.45) is 0.654. The van der Waals surface area contributed by atoms with E-state index in [1.165, 1.54) is 42.0 Å². The number of aromatic carboxylic acids is 4. The predicted molar refractivity (Wildman–Crippen MR) is 570 cm³/mol. The van der Waals surface area contributed by atoms with Crippen LogP contribution in [0.3, 0.4) is 0 Å². The molecule has 27 heteroatoms. The Morgan fingerprint density at radius 3 is 0.829 bits per heavy atom. The summed E-state index contributed by atoms with van der Waals surface area (Å²) in [5, 5.41) is 59.0. The van der Waals surface area contributed by atoms with E-state index in [0.717, 1.165) is 126 Å². The molecule has 0 aliphatic heterocycles. The highest BCUT2D eigenvalue weighted by atomic mass is 35.5. The van der Waals surface area contributed by atoms with Crippen LogP contribution in [0.1, 0.15) is 114 Å². The quantitative estimate of drug-likeness (QED) is 0.0154. The van der Waals surface area contributed by atoms with Crippen LogP contribution in [0, 0.1) is 13.8 Å². The Morgan fingerprint density at radius 1 is 0.271 bits per heavy atom. The number of carboxylic acids is 4. The maximum Gasteiger partial charge on any atom is 0.337 e. The Bertz CT molecular complexity index is 6400. The Balaban J connectivity index is 0.000000213. The number of hydrogen-bond acceptors (Lipinski definition) is 14. The Kier molecular flexibility index (Phi) is 44.5. The van der Waals surface area contributed by atoms with Gasteiger partial charge >= 0.3 is 23.9 Å². The molecule has 0 aliphatic carbocycles. The molecule has 722 valence electrons. The number of aryl methyl sites for hydroxylation is 2. The number of benzene rings is 16. The van der Waals surface area contributed by atoms with Gasteiger partial charge in [-0.15, -0.1) is 34.8 Å². The molecule has 0 bridgehead atoms. The summed E-state index contributed by atoms with van der Waals surface area (Å²) in [5.41, 5.74) is 21.2. The third-order valence-corrected chi connectivity index (χ3v) is 25.2. The van der Waals surface area contributed by atoms with Crippen molar-refractivity contribution in [2.75, 3.05) is 66.1 Å². The summed E-state index contributed by atoms with van der Waals surface area (Å²) in [6.45, 7) is 4.07. The SMILES string of the molecule is CO.CO.COc1ccc(C(Cl)(c2ccc(OC)cc2)c2ccccc2Cl)cc1.COc1ccc(C(Cl)(c2ccccc2)c2ccc(OC)cc2)cc1.COc1ccc(Cc2ccc(Cl)c(C(=O)O)c2)cc1.Cc1ccccc1.Cc1ccccc1Cl.Nc1ccc(Cl)c(C(=O)O)c1.O=C(O)c1cc(Nc2ccc(C(Cl)(c3ccccc3)c3ccc(Nc4ccc(Cl)c(C(=O)O)c4)cc3)cc2)ccc1Cl. The molecule has 0 amide bonds. The number of ether oxygens (including phenoxy) is 5. The molecule has 18 nitrogen and oxygen atoms in total. The summed E-state index contributed by atoms with van der Waals surface area (Å²) in [7, 11) is 10.2. The number of halogens is 9. The van der Waals surface area contributed by atoms with Gasteiger partial charge in [-0.05, 0) is 245 Å². The van der Waals surface area contributed by atoms with E-state index in [1.807, 2.05) is 310 Å². The third-order valence-electron chi connectivity index (χ3n) is 21.1. The fraction of sp³-hybridized carbons (Fsp3) is 0.115. The molecular weight excluding hydrogens is 1960 g/mol. The number of nitrogens with two attached hydrogens (primary N) is 1. The number of carbonyl (C=O) groups is 4. The highest BCUT2D eigenvalue weighted by Crippen LogP contribution is 2.49. The summed E-state index contributed by atoms with van der Waals surface area (Å²) in [6, 6.07) is 118. The molecule has 0 saturated heterocycles. The molecule has 16 aromatic carbocycles. The van der Waals surface area contributed by atoms with Crippen LogP contribution in [0.15, 0.2) is 382 Å². The first-order valence-electron chi connectivity index (χ1n) is 42.7. The van der Waals surface area contributed by atoms with Crippen LogP contribution in [0.5, 0.6) is 28.7 Å². The van der Waals surface area contributed by atoms with Gasteiger partial charge in [0.15, 0.2) is 0 Å². The van der Waals surface area contributed by atoms with Crippen LogP contribution in [0.25, 0.3) is 0 Å². The lowest BCUT2D eigenvalue weighted by Crippen LogP contribution is -2.22. The highest BCUT2D eigenvalue weighted by Gasteiger charge is 2.38. The molecule has 0 atom stereocenters. The average molecular weight is 2060 g/mol. The lowest BCUT2D eigenvalue weighted by Gasteiger charge is -2.30. The first-order chi connectivity index (χ1) is 67.3. The molecule has 0 spiro atoms. The fourth-order valence-electron chi connectivity index (χ4n) is 13.9. The second kappa shape index (κ2) is 55.8. The summed E-state index contributed by atoms with van der Waals surface area (Å²) >= 11 is 57.6. The Morgan fingerprint density at radius 2 is 0.529 bits per heavy atom. The zero-order valence-electron chi connectivity index (χ0n) is 77.4. The number of nitrogen functional groups attached to an aromatic ring is 1. The van der Waals surface area contributed by atoms with Crippen molar-refractivity contribution in [1.29, 1.82) is 0 Å². The molecule has 0 aromatic heterocycles. The number of aliphatic hydroxyl groups excluding tert-OH is 2. The molecule has 0 heterocycles. The van der Waals surface area contributed by atoms with Gasteiger partial charge in [0, 0.05) is 58.3 Å². The van der Waals surface area contributed by atoms with Crippen molar-refractivity contribution in [3.63, 3.8) is 0 Å². The third kappa shape index (κ3) is 31.2. The lowest BCUT2D eigenvalue weighted by atomic mass is 9.84. The number of carboxylic acid groups (broad SMARTS) is 4. The van der Waals surface area contributed by atoms with Gasteiger partial charge in [-0.3, -0.25) is 0 Å². The van der Waals surface area contributed by atoms with Crippen LogP contribution < -0.4 is 40.1 Å². The zero-order chi connectivity index (χ0) is 102. The molecule has 16 rings (SSSR count). The van der Waals surface area contributed by atoms with Gasteiger partial charge in [0.2, 0.25) is 0 Å². The van der Waals surface area contributed by atoms with E-state index in [2.05, 4.69) is 29.7 Å². The first kappa shape index (κ1) is 112. The second-order valence-corrected chi connectivity index (χ2v) is 34.2. The van der Waals surface area contributed by atoms with E-state index < -0.39 is 38.5 Å². The smallest absolute Gasteiger partial charge is 0.337 e. The number of hydrogen-bond donors (Lipinski definition) is 9. The van der Waals surface area contributed by atoms with Gasteiger partial charge in [0.1, 0.15) is 43.4 Å². The van der Waals surface area contributed by atoms with Crippen LogP contribution in [0.2, 0.25) is 30.1 Å². The minimum absolute atomic E-state index is 0.0125. The number of anilines is 5. The summed E-state index contributed by atoms with van der Waals surface area (Å²) < 4.78 is 26.1. The monoisotopic (exact) mass is 2060 g/mol. The number of nitrogens with one attached hydrogen (secondary N) is 2. The number of aliphatic hydroxyl groups is 2. The standard InChI is InChI=1S/C33H23Cl3N2O4.C21H18Cl2O2.C21H19ClO2.C15H13ClO3.C7H6ClNO2.C7H7Cl.C7H8.2CH4O/c34-29-16-14-25(18-27(29)31(39)40)37-23-10-6-21(7-11-23)33(36,20-4-2-1-3-5-20)22-8-12-24(13-9-22)38-26-15-17-30(35)28(19-26)32(41)42;1-24-17-11-7-15(8-12-17)21(23,19-5-3-4-6-20(19)22)16-9-13-18(25-2)14-10-16;1-23-19-12-8-17(9-13-19)21(22,16-6-4-3-5-7-16)18-10-14-20(24-2)15-11-18;1-19-12-5-2-10(3-6-12)8-11-4-7-14(16)13(9-11)15(17)18;8-6-2-1-4(9)3-5(6)7(10)11;1-6-4-2-3-5-7(6)8;1-7-5-3-2-4-6-7;2*1-2/h1-19,37-38H,(H,39,40)(H,41,42);3-14H,1-2H3;3-15H,1-2H3;2-7,9H,8H2,1H3,(H,17,18);1-3H,9H2,(H,10,11);2-5H,1H3;2-6H,1H3;2*2H,1H3. The largest absolute Gasteiger partial charge is 0.497 e. The molecule has 0 fully saturated rings. The van der Waals surface area contributed by atoms with Crippen LogP contribution in [0.4, 0.5) is 28.4 Å². The molecule has 0 radical (unpaired) electrons.